The molecular weight excluding hydrogens is 462 g/mol. The molecule has 9 heteroatoms. The Morgan fingerprint density at radius 2 is 1.89 bits per heavy atom. The van der Waals surface area contributed by atoms with Crippen LogP contribution in [-0.4, -0.2) is 62.9 Å². The Bertz CT molecular complexity index is 1480. The summed E-state index contributed by atoms with van der Waals surface area (Å²) in [7, 11) is 6.65. The highest BCUT2D eigenvalue weighted by Gasteiger charge is 2.31. The monoisotopic (exact) mass is 491 g/mol. The van der Waals surface area contributed by atoms with Crippen molar-refractivity contribution in [3.8, 4) is 34.3 Å². The second kappa shape index (κ2) is 9.23. The van der Waals surface area contributed by atoms with Crippen LogP contribution in [0, 0.1) is 0 Å². The van der Waals surface area contributed by atoms with Crippen LogP contribution in [0.5, 0.6) is 23.0 Å². The molecule has 5 rings (SSSR count). The van der Waals surface area contributed by atoms with Gasteiger partial charge in [-0.05, 0) is 30.7 Å². The number of aliphatic hydroxyl groups excluding tert-OH is 1. The predicted molar refractivity (Wildman–Crippen MR) is 138 cm³/mol. The van der Waals surface area contributed by atoms with Crippen molar-refractivity contribution in [1.29, 1.82) is 0 Å². The number of benzene rings is 2. The van der Waals surface area contributed by atoms with Crippen molar-refractivity contribution < 1.29 is 28.5 Å². The van der Waals surface area contributed by atoms with Gasteiger partial charge in [-0.15, -0.1) is 10.2 Å². The van der Waals surface area contributed by atoms with Gasteiger partial charge in [0.1, 0.15) is 28.9 Å². The van der Waals surface area contributed by atoms with E-state index in [1.807, 2.05) is 32.2 Å². The first kappa shape index (κ1) is 23.7. The molecule has 0 amide bonds. The number of likely N-dealkylation sites (N-methyl/N-ethyl adjacent to an activating group) is 1. The highest BCUT2D eigenvalue weighted by Crippen LogP contribution is 2.48. The topological polar surface area (TPSA) is 99.3 Å². The Hall–Kier alpha value is -3.98. The number of rotatable bonds is 8. The van der Waals surface area contributed by atoms with E-state index in [1.54, 1.807) is 32.3 Å². The minimum Gasteiger partial charge on any atom is -0.496 e. The molecule has 4 aromatic rings. The summed E-state index contributed by atoms with van der Waals surface area (Å²) < 4.78 is 29.4. The van der Waals surface area contributed by atoms with Gasteiger partial charge in [0.25, 0.3) is 0 Å². The van der Waals surface area contributed by atoms with Crippen molar-refractivity contribution in [3.63, 3.8) is 0 Å². The molecule has 9 nitrogen and oxygen atoms in total. The molecule has 1 aliphatic rings. The molecule has 0 spiro atoms. The van der Waals surface area contributed by atoms with E-state index in [1.165, 1.54) is 0 Å². The zero-order valence-electron chi connectivity index (χ0n) is 21.0. The first-order valence-corrected chi connectivity index (χ1v) is 11.6. The van der Waals surface area contributed by atoms with Crippen LogP contribution < -0.4 is 23.8 Å². The lowest BCUT2D eigenvalue weighted by Crippen LogP contribution is -2.22. The SMILES string of the molecule is C=C(C)[C@H]1Cc2c(ccc(-c3nnc(N(C)CCO)c4oc5cc(OC)c(OC)cc5c34)c2OC)O1. The molecule has 1 aliphatic heterocycles. The number of methoxy groups -OCH3 is 3. The predicted octanol–water partition coefficient (Wildman–Crippen LogP) is 4.38. The van der Waals surface area contributed by atoms with Crippen LogP contribution in [0.2, 0.25) is 0 Å². The number of ether oxygens (including phenoxy) is 4. The summed E-state index contributed by atoms with van der Waals surface area (Å²) in [6.07, 6.45) is 0.559. The molecule has 1 atom stereocenters. The highest BCUT2D eigenvalue weighted by atomic mass is 16.5. The maximum atomic E-state index is 9.51. The Balaban J connectivity index is 1.81. The molecule has 36 heavy (non-hydrogen) atoms. The summed E-state index contributed by atoms with van der Waals surface area (Å²) in [5.41, 5.74) is 4.44. The van der Waals surface area contributed by atoms with Crippen molar-refractivity contribution in [2.45, 2.75) is 19.4 Å². The quantitative estimate of drug-likeness (QED) is 0.360. The van der Waals surface area contributed by atoms with Gasteiger partial charge >= 0.3 is 0 Å². The van der Waals surface area contributed by atoms with E-state index >= 15 is 0 Å². The van der Waals surface area contributed by atoms with Crippen LogP contribution >= 0.6 is 0 Å². The lowest BCUT2D eigenvalue weighted by atomic mass is 9.98. The lowest BCUT2D eigenvalue weighted by molar-refractivity contribution is 0.271. The number of hydrogen-bond acceptors (Lipinski definition) is 9. The molecule has 0 radical (unpaired) electrons. The third kappa shape index (κ3) is 3.67. The minimum absolute atomic E-state index is 0.0359. The molecule has 1 N–H and O–H groups in total. The first-order valence-electron chi connectivity index (χ1n) is 11.6. The summed E-state index contributed by atoms with van der Waals surface area (Å²) in [5, 5.41) is 20.2. The van der Waals surface area contributed by atoms with Crippen molar-refractivity contribution in [2.75, 3.05) is 46.4 Å². The van der Waals surface area contributed by atoms with E-state index < -0.39 is 0 Å². The average Bonchev–Trinajstić information content (AvgIpc) is 3.48. The van der Waals surface area contributed by atoms with Gasteiger partial charge in [-0.1, -0.05) is 6.58 Å². The van der Waals surface area contributed by atoms with Crippen molar-refractivity contribution in [2.24, 2.45) is 0 Å². The van der Waals surface area contributed by atoms with Gasteiger partial charge in [-0.25, -0.2) is 0 Å². The molecule has 2 aromatic heterocycles. The number of fused-ring (bicyclic) bond motifs is 4. The molecular formula is C27H29N3O6. The van der Waals surface area contributed by atoms with Crippen molar-refractivity contribution in [3.05, 3.63) is 42.0 Å². The van der Waals surface area contributed by atoms with E-state index in [4.69, 9.17) is 23.4 Å². The third-order valence-corrected chi connectivity index (χ3v) is 6.56. The smallest absolute Gasteiger partial charge is 0.194 e. The van der Waals surface area contributed by atoms with E-state index in [9.17, 15) is 5.11 Å². The molecule has 0 bridgehead atoms. The molecule has 2 aromatic carbocycles. The highest BCUT2D eigenvalue weighted by molar-refractivity contribution is 6.15. The zero-order chi connectivity index (χ0) is 25.6. The first-order chi connectivity index (χ1) is 17.4. The number of aliphatic hydroxyl groups is 1. The summed E-state index contributed by atoms with van der Waals surface area (Å²) in [6, 6.07) is 7.53. The Labute approximate surface area is 208 Å². The van der Waals surface area contributed by atoms with Crippen LogP contribution in [-0.2, 0) is 6.42 Å². The normalized spacial score (nSPS) is 14.6. The van der Waals surface area contributed by atoms with E-state index in [0.717, 1.165) is 33.2 Å². The lowest BCUT2D eigenvalue weighted by Gasteiger charge is -2.17. The number of anilines is 1. The number of nitrogens with zero attached hydrogens (tertiary/aromatic N) is 3. The molecule has 0 saturated heterocycles. The van der Waals surface area contributed by atoms with Gasteiger partial charge in [-0.2, -0.15) is 0 Å². The fourth-order valence-electron chi connectivity index (χ4n) is 4.69. The van der Waals surface area contributed by atoms with Gasteiger partial charge in [0.15, 0.2) is 22.9 Å². The molecule has 0 unspecified atom stereocenters. The van der Waals surface area contributed by atoms with Gasteiger partial charge in [0.2, 0.25) is 0 Å². The number of hydrogen-bond donors (Lipinski definition) is 1. The minimum atomic E-state index is -0.101. The molecule has 0 fully saturated rings. The molecule has 3 heterocycles. The van der Waals surface area contributed by atoms with Crippen LogP contribution in [0.3, 0.4) is 0 Å². The molecule has 188 valence electrons. The fraction of sp³-hybridized carbons (Fsp3) is 0.333. The Kier molecular flexibility index (Phi) is 6.09. The summed E-state index contributed by atoms with van der Waals surface area (Å²) in [4.78, 5) is 1.81. The van der Waals surface area contributed by atoms with Crippen LogP contribution in [0.1, 0.15) is 12.5 Å². The summed E-state index contributed by atoms with van der Waals surface area (Å²) >= 11 is 0. The molecule has 0 saturated carbocycles. The largest absolute Gasteiger partial charge is 0.496 e. The van der Waals surface area contributed by atoms with Crippen LogP contribution in [0.4, 0.5) is 5.82 Å². The number of furan rings is 1. The summed E-state index contributed by atoms with van der Waals surface area (Å²) in [6.45, 7) is 6.34. The Morgan fingerprint density at radius 1 is 1.14 bits per heavy atom. The van der Waals surface area contributed by atoms with E-state index in [-0.39, 0.29) is 12.7 Å². The maximum absolute atomic E-state index is 9.51. The maximum Gasteiger partial charge on any atom is 0.194 e. The third-order valence-electron chi connectivity index (χ3n) is 6.56. The fourth-order valence-corrected chi connectivity index (χ4v) is 4.69. The molecule has 0 aliphatic carbocycles. The second-order valence-corrected chi connectivity index (χ2v) is 8.81. The van der Waals surface area contributed by atoms with Gasteiger partial charge < -0.3 is 33.4 Å². The average molecular weight is 492 g/mol. The zero-order valence-corrected chi connectivity index (χ0v) is 21.0. The van der Waals surface area contributed by atoms with Gasteiger partial charge in [-0.3, -0.25) is 0 Å². The standard InChI is InChI=1S/C27H29N3O6/c1-14(2)19-12-17-18(35-19)8-7-15(25(17)34-6)24-23-16-11-21(32-4)22(33-5)13-20(16)36-26(23)27(29-28-24)30(3)9-10-31/h7-8,11,13,19,31H,1,9-10,12H2,2-6H3/t19-/m1/s1. The van der Waals surface area contributed by atoms with Crippen molar-refractivity contribution in [1.82, 2.24) is 10.2 Å². The van der Waals surface area contributed by atoms with Crippen LogP contribution in [0.25, 0.3) is 33.2 Å². The number of aromatic nitrogens is 2. The van der Waals surface area contributed by atoms with Crippen molar-refractivity contribution >= 4 is 27.8 Å². The van der Waals surface area contributed by atoms with Gasteiger partial charge in [0, 0.05) is 42.6 Å². The van der Waals surface area contributed by atoms with E-state index in [0.29, 0.717) is 52.9 Å². The van der Waals surface area contributed by atoms with E-state index in [2.05, 4.69) is 16.8 Å². The van der Waals surface area contributed by atoms with Gasteiger partial charge in [0.05, 0.1) is 33.3 Å². The second-order valence-electron chi connectivity index (χ2n) is 8.81. The Morgan fingerprint density at radius 3 is 2.56 bits per heavy atom. The summed E-state index contributed by atoms with van der Waals surface area (Å²) in [5.74, 6) is 3.09. The van der Waals surface area contributed by atoms with Crippen LogP contribution in [0.15, 0.2) is 40.8 Å².